The third-order valence-corrected chi connectivity index (χ3v) is 6.17. The van der Waals surface area contributed by atoms with E-state index >= 15 is 0 Å². The van der Waals surface area contributed by atoms with E-state index in [4.69, 9.17) is 9.47 Å². The van der Waals surface area contributed by atoms with Crippen LogP contribution in [0.1, 0.15) is 36.9 Å². The number of amides is 1. The molecule has 2 aromatic rings. The SMILES string of the molecule is C=C.CC/C=C(\C=C/COC)OC.CNc1ccc(Br)cc1C1=CC(c2cnc(N(C)C)nc2)N(C=O)CC1. The van der Waals surface area contributed by atoms with Crippen molar-refractivity contribution in [2.75, 3.05) is 58.7 Å². The van der Waals surface area contributed by atoms with Gasteiger partial charge in [-0.15, -0.1) is 13.2 Å². The van der Waals surface area contributed by atoms with Crippen LogP contribution < -0.4 is 10.2 Å². The number of nitrogens with zero attached hydrogens (tertiary/aromatic N) is 4. The number of carbonyl (C=O) groups excluding carboxylic acids is 1. The van der Waals surface area contributed by atoms with Crippen LogP contribution >= 0.6 is 15.9 Å². The highest BCUT2D eigenvalue weighted by atomic mass is 79.9. The lowest BCUT2D eigenvalue weighted by Gasteiger charge is -2.32. The highest BCUT2D eigenvalue weighted by Gasteiger charge is 2.24. The van der Waals surface area contributed by atoms with E-state index in [1.54, 1.807) is 31.5 Å². The summed E-state index contributed by atoms with van der Waals surface area (Å²) in [5.74, 6) is 1.54. The van der Waals surface area contributed by atoms with E-state index in [0.29, 0.717) is 19.1 Å². The first kappa shape index (κ1) is 33.6. The molecule has 1 unspecified atom stereocenters. The zero-order valence-corrected chi connectivity index (χ0v) is 25.6. The van der Waals surface area contributed by atoms with E-state index in [9.17, 15) is 4.79 Å². The lowest BCUT2D eigenvalue weighted by Crippen LogP contribution is -2.31. The number of anilines is 2. The second-order valence-electron chi connectivity index (χ2n) is 8.46. The molecule has 0 spiro atoms. The second kappa shape index (κ2) is 18.8. The van der Waals surface area contributed by atoms with Gasteiger partial charge in [0, 0.05) is 68.5 Å². The Morgan fingerprint density at radius 1 is 1.26 bits per heavy atom. The molecule has 0 aliphatic carbocycles. The van der Waals surface area contributed by atoms with Gasteiger partial charge >= 0.3 is 0 Å². The number of carbonyl (C=O) groups is 1. The fraction of sp³-hybridized carbons (Fsp3) is 0.367. The fourth-order valence-electron chi connectivity index (χ4n) is 3.78. The summed E-state index contributed by atoms with van der Waals surface area (Å²) in [6.45, 7) is 9.36. The van der Waals surface area contributed by atoms with Crippen molar-refractivity contribution in [2.45, 2.75) is 25.8 Å². The van der Waals surface area contributed by atoms with Crippen molar-refractivity contribution in [1.29, 1.82) is 0 Å². The Hall–Kier alpha value is -3.43. The lowest BCUT2D eigenvalue weighted by atomic mass is 9.92. The fourth-order valence-corrected chi connectivity index (χ4v) is 4.15. The van der Waals surface area contributed by atoms with Gasteiger partial charge in [-0.3, -0.25) is 4.79 Å². The van der Waals surface area contributed by atoms with Crippen molar-refractivity contribution in [3.63, 3.8) is 0 Å². The van der Waals surface area contributed by atoms with Crippen molar-refractivity contribution in [3.8, 4) is 0 Å². The van der Waals surface area contributed by atoms with E-state index in [-0.39, 0.29) is 6.04 Å². The van der Waals surface area contributed by atoms with Gasteiger partial charge in [0.05, 0.1) is 19.8 Å². The predicted molar refractivity (Wildman–Crippen MR) is 166 cm³/mol. The third-order valence-electron chi connectivity index (χ3n) is 5.67. The molecule has 0 radical (unpaired) electrons. The number of rotatable bonds is 10. The Labute approximate surface area is 242 Å². The molecule has 1 atom stereocenters. The van der Waals surface area contributed by atoms with Gasteiger partial charge < -0.3 is 24.6 Å². The van der Waals surface area contributed by atoms with E-state index in [1.807, 2.05) is 50.3 Å². The quantitative estimate of drug-likeness (QED) is 0.149. The molecule has 1 aliphatic rings. The molecule has 8 nitrogen and oxygen atoms in total. The van der Waals surface area contributed by atoms with Crippen molar-refractivity contribution >= 4 is 39.5 Å². The van der Waals surface area contributed by atoms with Crippen LogP contribution in [-0.4, -0.2) is 69.8 Å². The average Bonchev–Trinajstić information content (AvgIpc) is 2.97. The number of hydrogen-bond acceptors (Lipinski definition) is 7. The zero-order valence-electron chi connectivity index (χ0n) is 24.0. The summed E-state index contributed by atoms with van der Waals surface area (Å²) in [5, 5.41) is 3.24. The molecule has 9 heteroatoms. The molecule has 1 N–H and O–H groups in total. The first-order chi connectivity index (χ1) is 18.9. The molecule has 1 amide bonds. The summed E-state index contributed by atoms with van der Waals surface area (Å²) >= 11 is 3.55. The Morgan fingerprint density at radius 2 is 1.95 bits per heavy atom. The van der Waals surface area contributed by atoms with Gasteiger partial charge in [0.15, 0.2) is 0 Å². The number of methoxy groups -OCH3 is 2. The van der Waals surface area contributed by atoms with Crippen LogP contribution in [0, 0.1) is 0 Å². The van der Waals surface area contributed by atoms with Gasteiger partial charge in [0.1, 0.15) is 5.76 Å². The molecule has 0 bridgehead atoms. The number of allylic oxidation sites excluding steroid dienone is 2. The summed E-state index contributed by atoms with van der Waals surface area (Å²) < 4.78 is 10.9. The highest BCUT2D eigenvalue weighted by Crippen LogP contribution is 2.36. The van der Waals surface area contributed by atoms with Gasteiger partial charge in [-0.1, -0.05) is 35.0 Å². The molecule has 3 rings (SSSR count). The highest BCUT2D eigenvalue weighted by molar-refractivity contribution is 9.10. The zero-order chi connectivity index (χ0) is 29.2. The first-order valence-electron chi connectivity index (χ1n) is 12.7. The summed E-state index contributed by atoms with van der Waals surface area (Å²) in [7, 11) is 9.05. The van der Waals surface area contributed by atoms with Gasteiger partial charge in [0.25, 0.3) is 0 Å². The van der Waals surface area contributed by atoms with Crippen molar-refractivity contribution in [3.05, 3.63) is 89.4 Å². The van der Waals surface area contributed by atoms with Crippen LogP contribution in [0.25, 0.3) is 5.57 Å². The number of benzene rings is 1. The third kappa shape index (κ3) is 10.7. The van der Waals surface area contributed by atoms with E-state index < -0.39 is 0 Å². The minimum atomic E-state index is -0.170. The Kier molecular flexibility index (Phi) is 16.2. The minimum absolute atomic E-state index is 0.170. The molecule has 1 aliphatic heterocycles. The molecule has 39 heavy (non-hydrogen) atoms. The summed E-state index contributed by atoms with van der Waals surface area (Å²) in [4.78, 5) is 24.0. The molecule has 0 saturated heterocycles. The summed E-state index contributed by atoms with van der Waals surface area (Å²) in [6.07, 6.45) is 14.3. The number of aromatic nitrogens is 2. The van der Waals surface area contributed by atoms with Crippen molar-refractivity contribution in [1.82, 2.24) is 14.9 Å². The molecule has 2 heterocycles. The lowest BCUT2D eigenvalue weighted by molar-refractivity contribution is -0.119. The molecule has 0 fully saturated rings. The normalized spacial score (nSPS) is 14.8. The molecule has 1 aromatic carbocycles. The van der Waals surface area contributed by atoms with E-state index in [0.717, 1.165) is 46.3 Å². The van der Waals surface area contributed by atoms with Crippen LogP contribution in [0.15, 0.2) is 78.3 Å². The van der Waals surface area contributed by atoms with Crippen LogP contribution in [0.3, 0.4) is 0 Å². The predicted octanol–water partition coefficient (Wildman–Crippen LogP) is 6.27. The van der Waals surface area contributed by atoms with Crippen LogP contribution in [0.4, 0.5) is 11.6 Å². The van der Waals surface area contributed by atoms with Crippen LogP contribution in [-0.2, 0) is 14.3 Å². The summed E-state index contributed by atoms with van der Waals surface area (Å²) in [6, 6.07) is 6.01. The van der Waals surface area contributed by atoms with Crippen LogP contribution in [0.5, 0.6) is 0 Å². The topological polar surface area (TPSA) is 79.8 Å². The maximum absolute atomic E-state index is 11.6. The summed E-state index contributed by atoms with van der Waals surface area (Å²) in [5.41, 5.74) is 4.32. The van der Waals surface area contributed by atoms with E-state index in [2.05, 4.69) is 69.5 Å². The molecular formula is C30H42BrN5O3. The second-order valence-corrected chi connectivity index (χ2v) is 9.37. The van der Waals surface area contributed by atoms with Gasteiger partial charge in [-0.05, 0) is 48.8 Å². The smallest absolute Gasteiger partial charge is 0.224 e. The number of nitrogens with one attached hydrogen (secondary N) is 1. The Morgan fingerprint density at radius 3 is 2.49 bits per heavy atom. The minimum Gasteiger partial charge on any atom is -0.497 e. The number of halogens is 1. The van der Waals surface area contributed by atoms with Gasteiger partial charge in [-0.25, -0.2) is 9.97 Å². The van der Waals surface area contributed by atoms with Gasteiger partial charge in [-0.2, -0.15) is 0 Å². The maximum Gasteiger partial charge on any atom is 0.224 e. The Bertz CT molecular complexity index is 1100. The number of hydrogen-bond donors (Lipinski definition) is 1. The molecular weight excluding hydrogens is 558 g/mol. The molecule has 1 aromatic heterocycles. The molecule has 212 valence electrons. The standard InChI is InChI=1S/C19H22BrN5O.C9H16O2.C2H4/c1-21-17-5-4-15(20)9-16(17)13-6-7-25(12-26)18(8-13)14-10-22-19(23-11-14)24(2)3;1-4-6-9(11-3)7-5-8-10-2;1-2/h4-5,8-12,18,21H,6-7H2,1-3H3;5-7H,4,8H2,1-3H3;1-2H2/b;7-5-,9-6+;. The largest absolute Gasteiger partial charge is 0.497 e. The molecule has 0 saturated carbocycles. The first-order valence-corrected chi connectivity index (χ1v) is 13.5. The van der Waals surface area contributed by atoms with Crippen molar-refractivity contribution in [2.24, 2.45) is 0 Å². The average molecular weight is 601 g/mol. The van der Waals surface area contributed by atoms with Crippen LogP contribution in [0.2, 0.25) is 0 Å². The number of ether oxygens (including phenoxy) is 2. The van der Waals surface area contributed by atoms with Crippen molar-refractivity contribution < 1.29 is 14.3 Å². The van der Waals surface area contributed by atoms with E-state index in [1.165, 1.54) is 5.57 Å². The van der Waals surface area contributed by atoms with Gasteiger partial charge in [0.2, 0.25) is 12.4 Å². The Balaban J connectivity index is 0.000000495. The maximum atomic E-state index is 11.6. The monoisotopic (exact) mass is 599 g/mol.